The molecule has 4 rings (SSSR count). The molecule has 0 bridgehead atoms. The van der Waals surface area contributed by atoms with E-state index in [0.29, 0.717) is 23.1 Å². The second kappa shape index (κ2) is 11.2. The Morgan fingerprint density at radius 3 is 2.50 bits per heavy atom. The molecule has 1 aliphatic rings. The summed E-state index contributed by atoms with van der Waals surface area (Å²) in [6.07, 6.45) is 7.30. The third-order valence-electron chi connectivity index (χ3n) is 5.85. The Labute approximate surface area is 207 Å². The highest BCUT2D eigenvalue weighted by Gasteiger charge is 2.22. The zero-order chi connectivity index (χ0) is 24.1. The lowest BCUT2D eigenvalue weighted by Crippen LogP contribution is -2.25. The van der Waals surface area contributed by atoms with Crippen molar-refractivity contribution in [1.82, 2.24) is 9.55 Å². The van der Waals surface area contributed by atoms with E-state index < -0.39 is 0 Å². The molecular weight excluding hydrogens is 468 g/mol. The van der Waals surface area contributed by atoms with Crippen molar-refractivity contribution in [2.75, 3.05) is 16.4 Å². The van der Waals surface area contributed by atoms with E-state index in [0.717, 1.165) is 55.2 Å². The number of unbranched alkanes of at least 4 members (excludes halogenated alkanes) is 2. The van der Waals surface area contributed by atoms with Gasteiger partial charge in [0.2, 0.25) is 11.8 Å². The van der Waals surface area contributed by atoms with Crippen LogP contribution in [0.15, 0.2) is 34.2 Å². The number of aryl methyl sites for hydroxylation is 2. The number of thioether (sulfide) groups is 1. The lowest BCUT2D eigenvalue weighted by atomic mass is 9.97. The molecule has 1 aromatic carbocycles. The van der Waals surface area contributed by atoms with Crippen LogP contribution < -0.4 is 16.2 Å². The second-order valence-corrected chi connectivity index (χ2v) is 10.6. The maximum atomic E-state index is 13.5. The summed E-state index contributed by atoms with van der Waals surface area (Å²) < 4.78 is 1.78. The van der Waals surface area contributed by atoms with Crippen molar-refractivity contribution in [1.29, 1.82) is 0 Å². The van der Waals surface area contributed by atoms with Crippen molar-refractivity contribution < 1.29 is 9.59 Å². The molecule has 2 amide bonds. The summed E-state index contributed by atoms with van der Waals surface area (Å²) in [6, 6.07) is 6.97. The van der Waals surface area contributed by atoms with Gasteiger partial charge in [0.25, 0.3) is 5.56 Å². The largest absolute Gasteiger partial charge is 0.326 e. The van der Waals surface area contributed by atoms with E-state index in [2.05, 4.69) is 17.6 Å². The smallest absolute Gasteiger partial charge is 0.263 e. The fourth-order valence-corrected chi connectivity index (χ4v) is 6.34. The van der Waals surface area contributed by atoms with Gasteiger partial charge in [-0.15, -0.1) is 11.3 Å². The predicted molar refractivity (Wildman–Crippen MR) is 140 cm³/mol. The molecule has 9 heteroatoms. The van der Waals surface area contributed by atoms with Crippen LogP contribution in [0.4, 0.5) is 11.4 Å². The van der Waals surface area contributed by atoms with Gasteiger partial charge in [-0.3, -0.25) is 19.0 Å². The summed E-state index contributed by atoms with van der Waals surface area (Å²) in [7, 11) is 0. The Balaban J connectivity index is 1.51. The van der Waals surface area contributed by atoms with Crippen molar-refractivity contribution in [3.8, 4) is 0 Å². The minimum absolute atomic E-state index is 0.0389. The van der Waals surface area contributed by atoms with E-state index in [9.17, 15) is 14.4 Å². The van der Waals surface area contributed by atoms with Crippen LogP contribution >= 0.6 is 23.1 Å². The van der Waals surface area contributed by atoms with Crippen LogP contribution in [-0.4, -0.2) is 27.1 Å². The van der Waals surface area contributed by atoms with Gasteiger partial charge in [-0.2, -0.15) is 0 Å². The SMILES string of the molecule is CCCCCn1c(SCC(=O)Nc2ccc(NC(C)=O)cc2)nc2sc3c(c2c1=O)CCCC3. The molecule has 0 radical (unpaired) electrons. The van der Waals surface area contributed by atoms with E-state index in [1.54, 1.807) is 40.2 Å². The molecule has 0 aliphatic heterocycles. The number of carbonyl (C=O) groups excluding carboxylic acids is 2. The first-order valence-electron chi connectivity index (χ1n) is 11.8. The summed E-state index contributed by atoms with van der Waals surface area (Å²) in [5.74, 6) is -0.156. The predicted octanol–water partition coefficient (Wildman–Crippen LogP) is 5.22. The number of aromatic nitrogens is 2. The van der Waals surface area contributed by atoms with Crippen LogP contribution in [0.3, 0.4) is 0 Å². The van der Waals surface area contributed by atoms with Crippen LogP contribution in [0.1, 0.15) is 56.4 Å². The lowest BCUT2D eigenvalue weighted by Gasteiger charge is -2.13. The quantitative estimate of drug-likeness (QED) is 0.240. The molecule has 2 N–H and O–H groups in total. The van der Waals surface area contributed by atoms with Crippen molar-refractivity contribution in [3.63, 3.8) is 0 Å². The molecule has 3 aromatic rings. The first-order chi connectivity index (χ1) is 16.5. The number of rotatable bonds is 9. The van der Waals surface area contributed by atoms with Gasteiger partial charge in [0, 0.05) is 29.7 Å². The van der Waals surface area contributed by atoms with Gasteiger partial charge in [0.05, 0.1) is 11.1 Å². The molecule has 0 spiro atoms. The van der Waals surface area contributed by atoms with Crippen LogP contribution in [0.5, 0.6) is 0 Å². The Morgan fingerprint density at radius 1 is 1.09 bits per heavy atom. The number of nitrogens with zero attached hydrogens (tertiary/aromatic N) is 2. The molecule has 180 valence electrons. The van der Waals surface area contributed by atoms with E-state index in [1.165, 1.54) is 29.1 Å². The maximum Gasteiger partial charge on any atom is 0.263 e. The molecule has 2 aromatic heterocycles. The number of nitrogens with one attached hydrogen (secondary N) is 2. The zero-order valence-electron chi connectivity index (χ0n) is 19.6. The first kappa shape index (κ1) is 24.5. The standard InChI is InChI=1S/C25H30N4O3S2/c1-3-4-7-14-29-24(32)22-19-8-5-6-9-20(19)34-23(22)28-25(29)33-15-21(31)27-18-12-10-17(11-13-18)26-16(2)30/h10-13H,3-9,14-15H2,1-2H3,(H,26,30)(H,27,31). The Kier molecular flexibility index (Phi) is 8.05. The number of benzene rings is 1. The van der Waals surface area contributed by atoms with Gasteiger partial charge in [-0.1, -0.05) is 31.5 Å². The van der Waals surface area contributed by atoms with E-state index in [4.69, 9.17) is 4.98 Å². The highest BCUT2D eigenvalue weighted by atomic mass is 32.2. The molecule has 1 aliphatic carbocycles. The zero-order valence-corrected chi connectivity index (χ0v) is 21.2. The second-order valence-electron chi connectivity index (χ2n) is 8.54. The fourth-order valence-electron chi connectivity index (χ4n) is 4.21. The van der Waals surface area contributed by atoms with Crippen LogP contribution in [0.25, 0.3) is 10.2 Å². The molecule has 0 atom stereocenters. The summed E-state index contributed by atoms with van der Waals surface area (Å²) >= 11 is 2.95. The van der Waals surface area contributed by atoms with Crippen molar-refractivity contribution >= 4 is 56.5 Å². The highest BCUT2D eigenvalue weighted by Crippen LogP contribution is 2.34. The van der Waals surface area contributed by atoms with Crippen LogP contribution in [-0.2, 0) is 29.0 Å². The number of anilines is 2. The van der Waals surface area contributed by atoms with Crippen molar-refractivity contribution in [3.05, 3.63) is 45.1 Å². The molecule has 0 saturated carbocycles. The topological polar surface area (TPSA) is 93.1 Å². The van der Waals surface area contributed by atoms with Gasteiger partial charge < -0.3 is 10.6 Å². The molecule has 2 heterocycles. The Morgan fingerprint density at radius 2 is 1.79 bits per heavy atom. The van der Waals surface area contributed by atoms with E-state index >= 15 is 0 Å². The molecule has 0 fully saturated rings. The number of amides is 2. The van der Waals surface area contributed by atoms with Crippen molar-refractivity contribution in [2.45, 2.75) is 70.5 Å². The average molecular weight is 499 g/mol. The third kappa shape index (κ3) is 5.70. The summed E-state index contributed by atoms with van der Waals surface area (Å²) in [5, 5.41) is 6.98. The normalized spacial score (nSPS) is 13.0. The van der Waals surface area contributed by atoms with Crippen LogP contribution in [0, 0.1) is 0 Å². The lowest BCUT2D eigenvalue weighted by molar-refractivity contribution is -0.114. The van der Waals surface area contributed by atoms with Crippen LogP contribution in [0.2, 0.25) is 0 Å². The molecular formula is C25H30N4O3S2. The Bertz CT molecular complexity index is 1250. The first-order valence-corrected chi connectivity index (χ1v) is 13.6. The molecule has 34 heavy (non-hydrogen) atoms. The molecule has 0 unspecified atom stereocenters. The number of hydrogen-bond donors (Lipinski definition) is 2. The van der Waals surface area contributed by atoms with Gasteiger partial charge in [0.1, 0.15) is 4.83 Å². The minimum Gasteiger partial charge on any atom is -0.326 e. The number of carbonyl (C=O) groups is 2. The summed E-state index contributed by atoms with van der Waals surface area (Å²) in [4.78, 5) is 44.2. The average Bonchev–Trinajstić information content (AvgIpc) is 3.19. The maximum absolute atomic E-state index is 13.5. The minimum atomic E-state index is -0.169. The van der Waals surface area contributed by atoms with Gasteiger partial charge in [-0.05, 0) is 61.9 Å². The van der Waals surface area contributed by atoms with Gasteiger partial charge in [0.15, 0.2) is 5.16 Å². The Hall–Kier alpha value is -2.65. The third-order valence-corrected chi connectivity index (χ3v) is 8.01. The fraction of sp³-hybridized carbons (Fsp3) is 0.440. The number of hydrogen-bond acceptors (Lipinski definition) is 6. The van der Waals surface area contributed by atoms with Gasteiger partial charge in [-0.25, -0.2) is 4.98 Å². The van der Waals surface area contributed by atoms with Gasteiger partial charge >= 0.3 is 0 Å². The summed E-state index contributed by atoms with van der Waals surface area (Å²) in [5.41, 5.74) is 2.56. The summed E-state index contributed by atoms with van der Waals surface area (Å²) in [6.45, 7) is 4.21. The van der Waals surface area contributed by atoms with E-state index in [-0.39, 0.29) is 23.1 Å². The number of thiophene rings is 1. The monoisotopic (exact) mass is 498 g/mol. The number of fused-ring (bicyclic) bond motifs is 3. The van der Waals surface area contributed by atoms with Crippen molar-refractivity contribution in [2.24, 2.45) is 0 Å². The van der Waals surface area contributed by atoms with E-state index in [1.807, 2.05) is 0 Å². The highest BCUT2D eigenvalue weighted by molar-refractivity contribution is 7.99. The molecule has 0 saturated heterocycles. The molecule has 7 nitrogen and oxygen atoms in total.